The lowest BCUT2D eigenvalue weighted by molar-refractivity contribution is 0.126. The van der Waals surface area contributed by atoms with Gasteiger partial charge in [0.2, 0.25) is 0 Å². The molecule has 3 rings (SSSR count). The molecule has 19 heavy (non-hydrogen) atoms. The van der Waals surface area contributed by atoms with Crippen molar-refractivity contribution in [3.8, 4) is 5.75 Å². The molecule has 2 aromatic rings. The number of rotatable bonds is 3. The van der Waals surface area contributed by atoms with E-state index in [-0.39, 0.29) is 5.60 Å². The minimum atomic E-state index is -0.560. The second-order valence-electron chi connectivity index (χ2n) is 5.52. The van der Waals surface area contributed by atoms with E-state index in [0.717, 1.165) is 22.7 Å². The Labute approximate surface area is 116 Å². The Bertz CT molecular complexity index is 578. The number of ether oxygens (including phenoxy) is 1. The minimum Gasteiger partial charge on any atom is -0.487 e. The molecule has 3 nitrogen and oxygen atoms in total. The van der Waals surface area contributed by atoms with Crippen molar-refractivity contribution in [2.24, 2.45) is 0 Å². The van der Waals surface area contributed by atoms with E-state index in [0.29, 0.717) is 6.42 Å². The number of fused-ring (bicyclic) bond motifs is 1. The zero-order valence-electron chi connectivity index (χ0n) is 11.1. The van der Waals surface area contributed by atoms with Gasteiger partial charge in [-0.25, -0.2) is 4.98 Å². The fourth-order valence-corrected chi connectivity index (χ4v) is 3.19. The zero-order valence-corrected chi connectivity index (χ0v) is 11.9. The molecule has 0 amide bonds. The summed E-state index contributed by atoms with van der Waals surface area (Å²) in [7, 11) is 0. The number of thiazole rings is 1. The van der Waals surface area contributed by atoms with Gasteiger partial charge in [0.1, 0.15) is 11.4 Å². The van der Waals surface area contributed by atoms with E-state index in [2.05, 4.69) is 24.9 Å². The van der Waals surface area contributed by atoms with Gasteiger partial charge in [0.25, 0.3) is 0 Å². The van der Waals surface area contributed by atoms with Gasteiger partial charge in [0, 0.05) is 30.0 Å². The summed E-state index contributed by atoms with van der Waals surface area (Å²) in [4.78, 5) is 4.22. The maximum Gasteiger partial charge on any atom is 0.129 e. The summed E-state index contributed by atoms with van der Waals surface area (Å²) in [6, 6.07) is 6.01. The lowest BCUT2D eigenvalue weighted by Crippen LogP contribution is -2.25. The van der Waals surface area contributed by atoms with Crippen LogP contribution >= 0.6 is 11.3 Å². The summed E-state index contributed by atoms with van der Waals surface area (Å²) in [6.45, 7) is 4.15. The van der Waals surface area contributed by atoms with Gasteiger partial charge in [-0.1, -0.05) is 18.2 Å². The maximum absolute atomic E-state index is 10.4. The van der Waals surface area contributed by atoms with E-state index in [4.69, 9.17) is 4.74 Å². The number of benzene rings is 1. The number of aliphatic hydroxyl groups excluding tert-OH is 1. The third-order valence-corrected chi connectivity index (χ3v) is 4.13. The first-order valence-electron chi connectivity index (χ1n) is 6.42. The van der Waals surface area contributed by atoms with E-state index in [9.17, 15) is 5.11 Å². The van der Waals surface area contributed by atoms with Crippen molar-refractivity contribution >= 4 is 11.3 Å². The highest BCUT2D eigenvalue weighted by atomic mass is 32.1. The Morgan fingerprint density at radius 1 is 1.47 bits per heavy atom. The Balaban J connectivity index is 1.88. The summed E-state index contributed by atoms with van der Waals surface area (Å²) < 4.78 is 5.99. The van der Waals surface area contributed by atoms with Gasteiger partial charge in [-0.05, 0) is 19.4 Å². The quantitative estimate of drug-likeness (QED) is 0.935. The summed E-state index contributed by atoms with van der Waals surface area (Å²) in [6.07, 6.45) is 2.63. The molecule has 0 radical (unpaired) electrons. The van der Waals surface area contributed by atoms with Crippen LogP contribution in [-0.2, 0) is 12.8 Å². The maximum atomic E-state index is 10.4. The van der Waals surface area contributed by atoms with E-state index < -0.39 is 6.10 Å². The van der Waals surface area contributed by atoms with Gasteiger partial charge >= 0.3 is 0 Å². The van der Waals surface area contributed by atoms with Crippen molar-refractivity contribution in [3.63, 3.8) is 0 Å². The fourth-order valence-electron chi connectivity index (χ4n) is 2.53. The first-order chi connectivity index (χ1) is 9.05. The third-order valence-electron chi connectivity index (χ3n) is 3.33. The van der Waals surface area contributed by atoms with Crippen molar-refractivity contribution < 1.29 is 9.84 Å². The van der Waals surface area contributed by atoms with Gasteiger partial charge in [-0.2, -0.15) is 0 Å². The second-order valence-corrected chi connectivity index (χ2v) is 6.50. The average Bonchev–Trinajstić information content (AvgIpc) is 2.93. The van der Waals surface area contributed by atoms with Crippen LogP contribution in [-0.4, -0.2) is 15.7 Å². The standard InChI is InChI=1S/C15H17NO2S/c1-15(2)9-10-4-3-5-11(14(10)18-15)12(17)8-13-16-6-7-19-13/h3-7,12,17H,8-9H2,1-2H3. The van der Waals surface area contributed by atoms with Crippen molar-refractivity contribution in [2.75, 3.05) is 0 Å². The van der Waals surface area contributed by atoms with Crippen LogP contribution in [0.5, 0.6) is 5.75 Å². The number of hydrogen-bond donors (Lipinski definition) is 1. The van der Waals surface area contributed by atoms with Crippen LogP contribution in [0.2, 0.25) is 0 Å². The average molecular weight is 275 g/mol. The van der Waals surface area contributed by atoms with Crippen molar-refractivity contribution in [1.82, 2.24) is 4.98 Å². The zero-order chi connectivity index (χ0) is 13.5. The number of nitrogens with zero attached hydrogens (tertiary/aromatic N) is 1. The Hall–Kier alpha value is -1.39. The molecule has 0 saturated carbocycles. The predicted octanol–water partition coefficient (Wildman–Crippen LogP) is 3.13. The van der Waals surface area contributed by atoms with Crippen LogP contribution in [0.25, 0.3) is 0 Å². The van der Waals surface area contributed by atoms with Crippen LogP contribution in [0.4, 0.5) is 0 Å². The molecule has 1 aliphatic rings. The topological polar surface area (TPSA) is 42.4 Å². The fraction of sp³-hybridized carbons (Fsp3) is 0.400. The van der Waals surface area contributed by atoms with Gasteiger partial charge in [0.15, 0.2) is 0 Å². The largest absolute Gasteiger partial charge is 0.487 e. The summed E-state index contributed by atoms with van der Waals surface area (Å²) in [5, 5.41) is 13.3. The highest BCUT2D eigenvalue weighted by Gasteiger charge is 2.33. The van der Waals surface area contributed by atoms with E-state index in [1.807, 2.05) is 17.5 Å². The lowest BCUT2D eigenvalue weighted by atomic mass is 9.98. The third kappa shape index (κ3) is 2.51. The van der Waals surface area contributed by atoms with Crippen LogP contribution in [0, 0.1) is 0 Å². The van der Waals surface area contributed by atoms with Gasteiger partial charge in [-0.15, -0.1) is 11.3 Å². The first-order valence-corrected chi connectivity index (χ1v) is 7.30. The van der Waals surface area contributed by atoms with Gasteiger partial charge < -0.3 is 9.84 Å². The SMILES string of the molecule is CC1(C)Cc2cccc(C(O)Cc3nccs3)c2O1. The van der Waals surface area contributed by atoms with Crippen molar-refractivity contribution in [1.29, 1.82) is 0 Å². The number of aromatic nitrogens is 1. The molecule has 4 heteroatoms. The summed E-state index contributed by atoms with van der Waals surface area (Å²) >= 11 is 1.57. The summed E-state index contributed by atoms with van der Waals surface area (Å²) in [5.74, 6) is 0.858. The predicted molar refractivity (Wildman–Crippen MR) is 75.6 cm³/mol. The van der Waals surface area contributed by atoms with Gasteiger partial charge in [0.05, 0.1) is 11.1 Å². The highest BCUT2D eigenvalue weighted by Crippen LogP contribution is 2.40. The Morgan fingerprint density at radius 3 is 3.05 bits per heavy atom. The van der Waals surface area contributed by atoms with E-state index in [1.54, 1.807) is 17.5 Å². The number of aliphatic hydroxyl groups is 1. The molecule has 1 aromatic carbocycles. The molecular weight excluding hydrogens is 258 g/mol. The molecule has 1 atom stereocenters. The molecule has 0 fully saturated rings. The molecule has 1 aliphatic heterocycles. The highest BCUT2D eigenvalue weighted by molar-refractivity contribution is 7.09. The molecule has 0 bridgehead atoms. The van der Waals surface area contributed by atoms with Crippen LogP contribution in [0.3, 0.4) is 0 Å². The molecule has 0 aliphatic carbocycles. The lowest BCUT2D eigenvalue weighted by Gasteiger charge is -2.19. The smallest absolute Gasteiger partial charge is 0.129 e. The van der Waals surface area contributed by atoms with Gasteiger partial charge in [-0.3, -0.25) is 0 Å². The van der Waals surface area contributed by atoms with E-state index >= 15 is 0 Å². The molecule has 1 unspecified atom stereocenters. The van der Waals surface area contributed by atoms with Crippen molar-refractivity contribution in [2.45, 2.75) is 38.4 Å². The molecule has 0 saturated heterocycles. The Kier molecular flexibility index (Phi) is 3.07. The van der Waals surface area contributed by atoms with Crippen LogP contribution in [0.15, 0.2) is 29.8 Å². The Morgan fingerprint density at radius 2 is 2.32 bits per heavy atom. The molecule has 1 aromatic heterocycles. The first kappa shape index (κ1) is 12.6. The van der Waals surface area contributed by atoms with Crippen LogP contribution < -0.4 is 4.74 Å². The molecular formula is C15H17NO2S. The van der Waals surface area contributed by atoms with Crippen molar-refractivity contribution in [3.05, 3.63) is 45.9 Å². The minimum absolute atomic E-state index is 0.181. The molecule has 100 valence electrons. The second kappa shape index (κ2) is 4.62. The number of hydrogen-bond acceptors (Lipinski definition) is 4. The van der Waals surface area contributed by atoms with E-state index in [1.165, 1.54) is 5.56 Å². The molecule has 0 spiro atoms. The van der Waals surface area contributed by atoms with Crippen LogP contribution in [0.1, 0.15) is 36.1 Å². The normalized spacial score (nSPS) is 17.8. The summed E-state index contributed by atoms with van der Waals surface area (Å²) in [5.41, 5.74) is 1.87. The molecule has 1 N–H and O–H groups in total. The number of para-hydroxylation sites is 1. The monoisotopic (exact) mass is 275 g/mol. The molecule has 2 heterocycles.